The van der Waals surface area contributed by atoms with Crippen molar-refractivity contribution in [3.63, 3.8) is 0 Å². The largest absolute Gasteiger partial charge is 0.420 e. The summed E-state index contributed by atoms with van der Waals surface area (Å²) < 4.78 is 5.76. The van der Waals surface area contributed by atoms with Gasteiger partial charge in [0.15, 0.2) is 0 Å². The van der Waals surface area contributed by atoms with Gasteiger partial charge in [-0.2, -0.15) is 0 Å². The highest BCUT2D eigenvalue weighted by Gasteiger charge is 2.14. The normalized spacial score (nSPS) is 11.0. The number of rotatable bonds is 3. The topological polar surface area (TPSA) is 51.8 Å². The molecule has 4 rings (SSSR count). The summed E-state index contributed by atoms with van der Waals surface area (Å²) in [6, 6.07) is 19.7. The lowest BCUT2D eigenvalue weighted by Gasteiger charge is -2.02. The van der Waals surface area contributed by atoms with Gasteiger partial charge < -0.3 is 4.42 Å². The van der Waals surface area contributed by atoms with Crippen LogP contribution >= 0.6 is 11.6 Å². The van der Waals surface area contributed by atoms with Crippen molar-refractivity contribution < 1.29 is 4.42 Å². The minimum Gasteiger partial charge on any atom is -0.420 e. The van der Waals surface area contributed by atoms with E-state index in [4.69, 9.17) is 16.0 Å². The fraction of sp³-hybridized carbons (Fsp3) is 0.0556. The minimum absolute atomic E-state index is 0.360. The fourth-order valence-electron chi connectivity index (χ4n) is 2.45. The Kier molecular flexibility index (Phi) is 3.52. The molecule has 0 radical (unpaired) electrons. The maximum absolute atomic E-state index is 6.27. The van der Waals surface area contributed by atoms with E-state index in [1.54, 1.807) is 0 Å². The first-order valence-electron chi connectivity index (χ1n) is 7.21. The molecule has 0 bridgehead atoms. The molecule has 0 spiro atoms. The minimum atomic E-state index is 0.360. The average molecular weight is 322 g/mol. The molecule has 0 fully saturated rings. The maximum Gasteiger partial charge on any atom is 0.250 e. The van der Waals surface area contributed by atoms with E-state index < -0.39 is 0 Å². The molecule has 2 aromatic heterocycles. The second kappa shape index (κ2) is 5.82. The first-order valence-corrected chi connectivity index (χ1v) is 7.59. The SMILES string of the molecule is Clc1nc2ccccc2cc1-c1nnc(Cc2ccccc2)o1. The molecular weight excluding hydrogens is 310 g/mol. The summed E-state index contributed by atoms with van der Waals surface area (Å²) in [4.78, 5) is 4.38. The number of para-hydroxylation sites is 1. The zero-order valence-electron chi connectivity index (χ0n) is 12.1. The van der Waals surface area contributed by atoms with Gasteiger partial charge in [-0.15, -0.1) is 10.2 Å². The number of pyridine rings is 1. The highest BCUT2D eigenvalue weighted by molar-refractivity contribution is 6.32. The smallest absolute Gasteiger partial charge is 0.250 e. The zero-order valence-corrected chi connectivity index (χ0v) is 12.9. The molecule has 0 N–H and O–H groups in total. The third-order valence-corrected chi connectivity index (χ3v) is 3.86. The number of halogens is 1. The average Bonchev–Trinajstić information content (AvgIpc) is 3.03. The maximum atomic E-state index is 6.27. The fourth-order valence-corrected chi connectivity index (χ4v) is 2.67. The molecule has 0 atom stereocenters. The standard InChI is InChI=1S/C18H12ClN3O/c19-17-14(11-13-8-4-5-9-15(13)20-17)18-22-21-16(23-18)10-12-6-2-1-3-7-12/h1-9,11H,10H2. The van der Waals surface area contributed by atoms with Crippen LogP contribution in [0.4, 0.5) is 0 Å². The molecule has 0 saturated carbocycles. The van der Waals surface area contributed by atoms with E-state index in [9.17, 15) is 0 Å². The van der Waals surface area contributed by atoms with Crippen LogP contribution in [0.5, 0.6) is 0 Å². The van der Waals surface area contributed by atoms with Crippen molar-refractivity contribution in [2.24, 2.45) is 0 Å². The number of hydrogen-bond donors (Lipinski definition) is 0. The zero-order chi connectivity index (χ0) is 15.6. The van der Waals surface area contributed by atoms with Crippen molar-refractivity contribution in [2.45, 2.75) is 6.42 Å². The Bertz CT molecular complexity index is 966. The Labute approximate surface area is 137 Å². The monoisotopic (exact) mass is 321 g/mol. The van der Waals surface area contributed by atoms with Crippen molar-refractivity contribution in [1.82, 2.24) is 15.2 Å². The van der Waals surface area contributed by atoms with E-state index in [0.29, 0.717) is 28.9 Å². The van der Waals surface area contributed by atoms with Gasteiger partial charge in [0.2, 0.25) is 5.89 Å². The van der Waals surface area contributed by atoms with Gasteiger partial charge in [0.25, 0.3) is 5.89 Å². The Morgan fingerprint density at radius 2 is 1.70 bits per heavy atom. The lowest BCUT2D eigenvalue weighted by molar-refractivity contribution is 0.518. The molecule has 2 aromatic carbocycles. The third-order valence-electron chi connectivity index (χ3n) is 3.57. The van der Waals surface area contributed by atoms with Crippen LogP contribution in [0.1, 0.15) is 11.5 Å². The quantitative estimate of drug-likeness (QED) is 0.520. The molecule has 0 amide bonds. The summed E-state index contributed by atoms with van der Waals surface area (Å²) in [6.07, 6.45) is 0.590. The van der Waals surface area contributed by atoms with E-state index in [2.05, 4.69) is 15.2 Å². The van der Waals surface area contributed by atoms with E-state index in [0.717, 1.165) is 16.5 Å². The predicted molar refractivity (Wildman–Crippen MR) is 89.3 cm³/mol. The number of nitrogens with zero attached hydrogens (tertiary/aromatic N) is 3. The number of aromatic nitrogens is 3. The molecule has 0 unspecified atom stereocenters. The van der Waals surface area contributed by atoms with Crippen LogP contribution in [0.2, 0.25) is 5.15 Å². The first-order chi connectivity index (χ1) is 11.3. The second-order valence-corrected chi connectivity index (χ2v) is 5.54. The van der Waals surface area contributed by atoms with Crippen molar-refractivity contribution in [3.8, 4) is 11.5 Å². The summed E-state index contributed by atoms with van der Waals surface area (Å²) in [5.41, 5.74) is 2.60. The molecule has 4 nitrogen and oxygen atoms in total. The molecule has 0 aliphatic carbocycles. The van der Waals surface area contributed by atoms with Crippen LogP contribution < -0.4 is 0 Å². The molecular formula is C18H12ClN3O. The van der Waals surface area contributed by atoms with Gasteiger partial charge in [-0.25, -0.2) is 4.98 Å². The van der Waals surface area contributed by atoms with Crippen molar-refractivity contribution in [3.05, 3.63) is 77.3 Å². The Balaban J connectivity index is 1.70. The van der Waals surface area contributed by atoms with Gasteiger partial charge in [0, 0.05) is 5.39 Å². The van der Waals surface area contributed by atoms with Gasteiger partial charge in [0.1, 0.15) is 5.15 Å². The molecule has 0 aliphatic rings. The molecule has 2 heterocycles. The van der Waals surface area contributed by atoms with Crippen LogP contribution in [0.3, 0.4) is 0 Å². The number of hydrogen-bond acceptors (Lipinski definition) is 4. The van der Waals surface area contributed by atoms with Crippen molar-refractivity contribution in [1.29, 1.82) is 0 Å². The lowest BCUT2D eigenvalue weighted by atomic mass is 10.1. The van der Waals surface area contributed by atoms with Crippen molar-refractivity contribution in [2.75, 3.05) is 0 Å². The summed E-state index contributed by atoms with van der Waals surface area (Å²) in [5, 5.41) is 9.56. The number of fused-ring (bicyclic) bond motifs is 1. The van der Waals surface area contributed by atoms with Crippen LogP contribution in [0.25, 0.3) is 22.4 Å². The van der Waals surface area contributed by atoms with Gasteiger partial charge in [-0.05, 0) is 17.7 Å². The van der Waals surface area contributed by atoms with E-state index in [1.165, 1.54) is 0 Å². The Hall–Kier alpha value is -2.72. The van der Waals surface area contributed by atoms with Crippen LogP contribution in [-0.2, 0) is 6.42 Å². The van der Waals surface area contributed by atoms with Gasteiger partial charge in [-0.3, -0.25) is 0 Å². The number of benzene rings is 2. The highest BCUT2D eigenvalue weighted by atomic mass is 35.5. The first kappa shape index (κ1) is 13.9. The van der Waals surface area contributed by atoms with E-state index in [1.807, 2.05) is 60.7 Å². The molecule has 0 saturated heterocycles. The Morgan fingerprint density at radius 1 is 0.913 bits per heavy atom. The highest BCUT2D eigenvalue weighted by Crippen LogP contribution is 2.29. The second-order valence-electron chi connectivity index (χ2n) is 5.18. The van der Waals surface area contributed by atoms with Crippen molar-refractivity contribution >= 4 is 22.5 Å². The van der Waals surface area contributed by atoms with Crippen LogP contribution in [0, 0.1) is 0 Å². The van der Waals surface area contributed by atoms with Crippen LogP contribution in [0.15, 0.2) is 65.1 Å². The summed E-state index contributed by atoms with van der Waals surface area (Å²) in [5.74, 6) is 0.939. The summed E-state index contributed by atoms with van der Waals surface area (Å²) >= 11 is 6.27. The van der Waals surface area contributed by atoms with Gasteiger partial charge >= 0.3 is 0 Å². The summed E-state index contributed by atoms with van der Waals surface area (Å²) in [6.45, 7) is 0. The summed E-state index contributed by atoms with van der Waals surface area (Å²) in [7, 11) is 0. The van der Waals surface area contributed by atoms with E-state index in [-0.39, 0.29) is 0 Å². The Morgan fingerprint density at radius 3 is 2.57 bits per heavy atom. The van der Waals surface area contributed by atoms with Crippen LogP contribution in [-0.4, -0.2) is 15.2 Å². The molecule has 5 heteroatoms. The predicted octanol–water partition coefficient (Wildman–Crippen LogP) is 4.53. The third kappa shape index (κ3) is 2.81. The molecule has 4 aromatic rings. The molecule has 23 heavy (non-hydrogen) atoms. The lowest BCUT2D eigenvalue weighted by Crippen LogP contribution is -1.87. The van der Waals surface area contributed by atoms with Gasteiger partial charge in [0.05, 0.1) is 17.5 Å². The van der Waals surface area contributed by atoms with Gasteiger partial charge in [-0.1, -0.05) is 60.1 Å². The van der Waals surface area contributed by atoms with E-state index >= 15 is 0 Å². The molecule has 0 aliphatic heterocycles. The molecule has 112 valence electrons.